The number of nitrogens with two attached hydrogens (primary N) is 1. The molecule has 0 spiro atoms. The Balaban J connectivity index is 2.51. The molecule has 0 saturated heterocycles. The second kappa shape index (κ2) is 5.31. The highest BCUT2D eigenvalue weighted by molar-refractivity contribution is 5.41. The van der Waals surface area contributed by atoms with Crippen molar-refractivity contribution in [1.29, 1.82) is 0 Å². The highest BCUT2D eigenvalue weighted by atomic mass is 16.5. The minimum atomic E-state index is 0.0737. The van der Waals surface area contributed by atoms with Crippen molar-refractivity contribution in [2.45, 2.75) is 57.4 Å². The van der Waals surface area contributed by atoms with E-state index in [2.05, 4.69) is 32.0 Å². The molecule has 100 valence electrons. The fourth-order valence-corrected chi connectivity index (χ4v) is 3.02. The van der Waals surface area contributed by atoms with E-state index in [1.807, 2.05) is 0 Å². The van der Waals surface area contributed by atoms with Crippen molar-refractivity contribution >= 4 is 0 Å². The first-order chi connectivity index (χ1) is 8.58. The summed E-state index contributed by atoms with van der Waals surface area (Å²) in [6, 6.07) is 6.66. The number of fused-ring (bicyclic) bond motifs is 1. The van der Waals surface area contributed by atoms with Crippen molar-refractivity contribution in [1.82, 2.24) is 0 Å². The molecule has 18 heavy (non-hydrogen) atoms. The van der Waals surface area contributed by atoms with Gasteiger partial charge >= 0.3 is 0 Å². The summed E-state index contributed by atoms with van der Waals surface area (Å²) in [5.74, 6) is 0.946. The molecular weight excluding hydrogens is 222 g/mol. The first-order valence-electron chi connectivity index (χ1n) is 7.01. The first-order valence-corrected chi connectivity index (χ1v) is 7.01. The fraction of sp³-hybridized carbons (Fsp3) is 0.625. The van der Waals surface area contributed by atoms with E-state index in [0.29, 0.717) is 0 Å². The van der Waals surface area contributed by atoms with Crippen LogP contribution in [-0.2, 0) is 11.8 Å². The summed E-state index contributed by atoms with van der Waals surface area (Å²) in [5.41, 5.74) is 9.21. The van der Waals surface area contributed by atoms with Crippen LogP contribution in [0, 0.1) is 0 Å². The second-order valence-electron chi connectivity index (χ2n) is 5.79. The molecule has 0 bridgehead atoms. The lowest BCUT2D eigenvalue weighted by molar-refractivity contribution is 0.337. The van der Waals surface area contributed by atoms with Crippen LogP contribution in [-0.4, -0.2) is 13.2 Å². The zero-order chi connectivity index (χ0) is 13.2. The van der Waals surface area contributed by atoms with Gasteiger partial charge in [0, 0.05) is 11.5 Å². The predicted molar refractivity (Wildman–Crippen MR) is 76.2 cm³/mol. The van der Waals surface area contributed by atoms with Crippen LogP contribution in [0.2, 0.25) is 0 Å². The zero-order valence-electron chi connectivity index (χ0n) is 11.8. The van der Waals surface area contributed by atoms with Crippen LogP contribution in [0.1, 0.15) is 50.7 Å². The van der Waals surface area contributed by atoms with E-state index in [-0.39, 0.29) is 11.5 Å². The van der Waals surface area contributed by atoms with Crippen molar-refractivity contribution in [2.24, 2.45) is 5.73 Å². The molecular formula is C16H25NO. The molecule has 2 unspecified atom stereocenters. The molecule has 0 heterocycles. The van der Waals surface area contributed by atoms with E-state index in [1.54, 1.807) is 7.11 Å². The van der Waals surface area contributed by atoms with Gasteiger partial charge in [0.1, 0.15) is 5.75 Å². The van der Waals surface area contributed by atoms with Gasteiger partial charge in [0.25, 0.3) is 0 Å². The Morgan fingerprint density at radius 3 is 2.72 bits per heavy atom. The molecule has 0 amide bonds. The van der Waals surface area contributed by atoms with E-state index in [4.69, 9.17) is 10.5 Å². The van der Waals surface area contributed by atoms with Crippen LogP contribution >= 0.6 is 0 Å². The standard InChI is InChI=1S/C16H25NO/c1-12(17)16(2)10-6-4-5-7-13-8-9-14(18-3)11-15(13)16/h8-9,11-12H,4-7,10,17H2,1-3H3. The number of benzene rings is 1. The zero-order valence-corrected chi connectivity index (χ0v) is 11.8. The number of methoxy groups -OCH3 is 1. The first kappa shape index (κ1) is 13.4. The summed E-state index contributed by atoms with van der Waals surface area (Å²) < 4.78 is 5.38. The minimum absolute atomic E-state index is 0.0737. The molecule has 2 nitrogen and oxygen atoms in total. The van der Waals surface area contributed by atoms with Crippen LogP contribution in [0.4, 0.5) is 0 Å². The third-order valence-electron chi connectivity index (χ3n) is 4.58. The van der Waals surface area contributed by atoms with Gasteiger partial charge < -0.3 is 10.5 Å². The lowest BCUT2D eigenvalue weighted by atomic mass is 9.69. The minimum Gasteiger partial charge on any atom is -0.497 e. The summed E-state index contributed by atoms with van der Waals surface area (Å²) in [5, 5.41) is 0. The number of ether oxygens (including phenoxy) is 1. The van der Waals surface area contributed by atoms with Crippen molar-refractivity contribution in [3.8, 4) is 5.75 Å². The van der Waals surface area contributed by atoms with Gasteiger partial charge in [-0.2, -0.15) is 0 Å². The average Bonchev–Trinajstić information content (AvgIpc) is 2.35. The average molecular weight is 247 g/mol. The van der Waals surface area contributed by atoms with Crippen LogP contribution < -0.4 is 10.5 Å². The van der Waals surface area contributed by atoms with Crippen LogP contribution in [0.25, 0.3) is 0 Å². The number of hydrogen-bond donors (Lipinski definition) is 1. The molecule has 2 N–H and O–H groups in total. The Hall–Kier alpha value is -1.02. The topological polar surface area (TPSA) is 35.2 Å². The number of rotatable bonds is 2. The SMILES string of the molecule is COc1ccc2c(c1)C(C)(C(C)N)CCCCC2. The van der Waals surface area contributed by atoms with E-state index in [1.165, 1.54) is 43.2 Å². The summed E-state index contributed by atoms with van der Waals surface area (Å²) in [4.78, 5) is 0. The van der Waals surface area contributed by atoms with Crippen LogP contribution in [0.15, 0.2) is 18.2 Å². The van der Waals surface area contributed by atoms with Gasteiger partial charge in [0.15, 0.2) is 0 Å². The Labute approximate surface area is 111 Å². The third kappa shape index (κ3) is 2.39. The fourth-order valence-electron chi connectivity index (χ4n) is 3.02. The number of hydrogen-bond acceptors (Lipinski definition) is 2. The molecule has 0 aliphatic heterocycles. The van der Waals surface area contributed by atoms with E-state index >= 15 is 0 Å². The van der Waals surface area contributed by atoms with Gasteiger partial charge in [-0.3, -0.25) is 0 Å². The summed E-state index contributed by atoms with van der Waals surface area (Å²) >= 11 is 0. The monoisotopic (exact) mass is 247 g/mol. The molecule has 0 fully saturated rings. The Morgan fingerprint density at radius 2 is 2.06 bits per heavy atom. The van der Waals surface area contributed by atoms with Crippen LogP contribution in [0.3, 0.4) is 0 Å². The molecule has 1 aliphatic rings. The third-order valence-corrected chi connectivity index (χ3v) is 4.58. The summed E-state index contributed by atoms with van der Waals surface area (Å²) in [7, 11) is 1.73. The molecule has 2 heteroatoms. The largest absolute Gasteiger partial charge is 0.497 e. The lowest BCUT2D eigenvalue weighted by Crippen LogP contribution is -2.42. The summed E-state index contributed by atoms with van der Waals surface area (Å²) in [6.45, 7) is 4.44. The molecule has 1 aromatic carbocycles. The van der Waals surface area contributed by atoms with Crippen LogP contribution in [0.5, 0.6) is 5.75 Å². The van der Waals surface area contributed by atoms with Crippen molar-refractivity contribution < 1.29 is 4.74 Å². The smallest absolute Gasteiger partial charge is 0.119 e. The molecule has 0 saturated carbocycles. The Morgan fingerprint density at radius 1 is 1.28 bits per heavy atom. The maximum absolute atomic E-state index is 6.29. The molecule has 2 atom stereocenters. The van der Waals surface area contributed by atoms with Gasteiger partial charge in [0.05, 0.1) is 7.11 Å². The van der Waals surface area contributed by atoms with Crippen molar-refractivity contribution in [3.63, 3.8) is 0 Å². The van der Waals surface area contributed by atoms with E-state index < -0.39 is 0 Å². The highest BCUT2D eigenvalue weighted by Crippen LogP contribution is 2.38. The van der Waals surface area contributed by atoms with Gasteiger partial charge in [-0.15, -0.1) is 0 Å². The van der Waals surface area contributed by atoms with Gasteiger partial charge in [-0.05, 0) is 49.4 Å². The summed E-state index contributed by atoms with van der Waals surface area (Å²) in [6.07, 6.45) is 6.21. The lowest BCUT2D eigenvalue weighted by Gasteiger charge is -2.37. The molecule has 0 aromatic heterocycles. The molecule has 1 aliphatic carbocycles. The van der Waals surface area contributed by atoms with E-state index in [9.17, 15) is 0 Å². The maximum atomic E-state index is 6.29. The quantitative estimate of drug-likeness (QED) is 0.869. The van der Waals surface area contributed by atoms with Crippen molar-refractivity contribution in [2.75, 3.05) is 7.11 Å². The highest BCUT2D eigenvalue weighted by Gasteiger charge is 2.33. The van der Waals surface area contributed by atoms with Crippen molar-refractivity contribution in [3.05, 3.63) is 29.3 Å². The van der Waals surface area contributed by atoms with E-state index in [0.717, 1.165) is 5.75 Å². The number of aryl methyl sites for hydroxylation is 1. The normalized spacial score (nSPS) is 25.8. The predicted octanol–water partition coefficient (Wildman–Crippen LogP) is 3.42. The Bertz CT molecular complexity index is 414. The molecule has 0 radical (unpaired) electrons. The Kier molecular flexibility index (Phi) is 3.96. The second-order valence-corrected chi connectivity index (χ2v) is 5.79. The molecule has 2 rings (SSSR count). The van der Waals surface area contributed by atoms with Gasteiger partial charge in [0.2, 0.25) is 0 Å². The molecule has 1 aromatic rings. The van der Waals surface area contributed by atoms with Gasteiger partial charge in [-0.25, -0.2) is 0 Å². The maximum Gasteiger partial charge on any atom is 0.119 e. The van der Waals surface area contributed by atoms with Gasteiger partial charge in [-0.1, -0.05) is 25.8 Å².